The Bertz CT molecular complexity index is 130. The fraction of sp³-hybridized carbons (Fsp3) is 0.800. The summed E-state index contributed by atoms with van der Waals surface area (Å²) in [5.74, 6) is 3.49. The molecule has 0 aromatic heterocycles. The van der Waals surface area contributed by atoms with Gasteiger partial charge in [-0.05, 0) is 25.2 Å². The van der Waals surface area contributed by atoms with E-state index in [9.17, 15) is 5.11 Å². The van der Waals surface area contributed by atoms with Crippen LogP contribution in [0.4, 0.5) is 0 Å². The minimum atomic E-state index is -0.270. The topological polar surface area (TPSA) is 20.2 Å². The van der Waals surface area contributed by atoms with Crippen LogP contribution in [-0.2, 0) is 0 Å². The number of aliphatic hydroxyl groups excluding tert-OH is 1. The van der Waals surface area contributed by atoms with Gasteiger partial charge in [-0.2, -0.15) is 0 Å². The highest BCUT2D eigenvalue weighted by molar-refractivity contribution is 4.88. The lowest BCUT2D eigenvalue weighted by Crippen LogP contribution is -2.18. The molecule has 0 spiro atoms. The summed E-state index contributed by atoms with van der Waals surface area (Å²) in [6, 6.07) is 0. The van der Waals surface area contributed by atoms with Crippen molar-refractivity contribution in [3.63, 3.8) is 0 Å². The lowest BCUT2D eigenvalue weighted by molar-refractivity contribution is 0.114. The third-order valence-corrected chi connectivity index (χ3v) is 1.84. The summed E-state index contributed by atoms with van der Waals surface area (Å²) in [4.78, 5) is 0. The summed E-state index contributed by atoms with van der Waals surface area (Å²) < 4.78 is 0. The second-order valence-corrected chi connectivity index (χ2v) is 3.54. The van der Waals surface area contributed by atoms with Gasteiger partial charge in [0, 0.05) is 6.42 Å². The fourth-order valence-corrected chi connectivity index (χ4v) is 1.21. The summed E-state index contributed by atoms with van der Waals surface area (Å²) in [6.07, 6.45) is 6.62. The van der Waals surface area contributed by atoms with E-state index in [-0.39, 0.29) is 12.0 Å². The van der Waals surface area contributed by atoms with E-state index in [4.69, 9.17) is 6.42 Å². The van der Waals surface area contributed by atoms with Gasteiger partial charge >= 0.3 is 0 Å². The molecule has 0 radical (unpaired) electrons. The van der Waals surface area contributed by atoms with Crippen molar-refractivity contribution < 1.29 is 5.11 Å². The van der Waals surface area contributed by atoms with E-state index in [0.29, 0.717) is 12.3 Å². The zero-order valence-electron chi connectivity index (χ0n) is 7.67. The van der Waals surface area contributed by atoms with Crippen LogP contribution in [0.25, 0.3) is 0 Å². The maximum atomic E-state index is 9.30. The molecule has 0 bridgehead atoms. The molecule has 2 atom stereocenters. The highest BCUT2D eigenvalue weighted by Crippen LogP contribution is 2.18. The minimum absolute atomic E-state index is 0.270. The van der Waals surface area contributed by atoms with Crippen LogP contribution in [0.15, 0.2) is 0 Å². The summed E-state index contributed by atoms with van der Waals surface area (Å²) >= 11 is 0. The van der Waals surface area contributed by atoms with Crippen molar-refractivity contribution in [2.75, 3.05) is 0 Å². The quantitative estimate of drug-likeness (QED) is 0.614. The third-order valence-electron chi connectivity index (χ3n) is 1.84. The molecule has 11 heavy (non-hydrogen) atoms. The second-order valence-electron chi connectivity index (χ2n) is 3.54. The Morgan fingerprint density at radius 1 is 1.36 bits per heavy atom. The van der Waals surface area contributed by atoms with E-state index in [0.717, 1.165) is 6.42 Å². The highest BCUT2D eigenvalue weighted by atomic mass is 16.3. The van der Waals surface area contributed by atoms with Gasteiger partial charge in [-0.15, -0.1) is 12.3 Å². The summed E-state index contributed by atoms with van der Waals surface area (Å²) in [5, 5.41) is 9.30. The largest absolute Gasteiger partial charge is 0.393 e. The number of hydrogen-bond acceptors (Lipinski definition) is 1. The molecule has 0 heterocycles. The number of rotatable bonds is 4. The van der Waals surface area contributed by atoms with Gasteiger partial charge < -0.3 is 5.11 Å². The predicted molar refractivity (Wildman–Crippen MR) is 48.1 cm³/mol. The van der Waals surface area contributed by atoms with Crippen LogP contribution in [0.5, 0.6) is 0 Å². The monoisotopic (exact) mass is 154 g/mol. The number of hydrogen-bond donors (Lipinski definition) is 1. The first-order valence-electron chi connectivity index (χ1n) is 4.19. The van der Waals surface area contributed by atoms with Gasteiger partial charge in [0.2, 0.25) is 0 Å². The van der Waals surface area contributed by atoms with Crippen LogP contribution in [0.3, 0.4) is 0 Å². The van der Waals surface area contributed by atoms with E-state index in [1.165, 1.54) is 0 Å². The van der Waals surface area contributed by atoms with Crippen LogP contribution < -0.4 is 0 Å². The normalized spacial score (nSPS) is 16.0. The Morgan fingerprint density at radius 2 is 1.91 bits per heavy atom. The molecule has 0 aromatic carbocycles. The predicted octanol–water partition coefficient (Wildman–Crippen LogP) is 2.05. The highest BCUT2D eigenvalue weighted by Gasteiger charge is 2.14. The standard InChI is InChI=1S/C10H18O/c1-5-6-10(9(4)11)7-8(2)3/h1,8-11H,6-7H2,2-4H3. The molecule has 0 fully saturated rings. The molecule has 0 aliphatic carbocycles. The van der Waals surface area contributed by atoms with Crippen molar-refractivity contribution >= 4 is 0 Å². The molecule has 1 nitrogen and oxygen atoms in total. The Hall–Kier alpha value is -0.480. The average molecular weight is 154 g/mol. The van der Waals surface area contributed by atoms with Crippen LogP contribution >= 0.6 is 0 Å². The fourth-order valence-electron chi connectivity index (χ4n) is 1.21. The molecule has 0 saturated heterocycles. The summed E-state index contributed by atoms with van der Waals surface area (Å²) in [7, 11) is 0. The van der Waals surface area contributed by atoms with Crippen molar-refractivity contribution in [3.8, 4) is 12.3 Å². The van der Waals surface area contributed by atoms with Gasteiger partial charge in [-0.3, -0.25) is 0 Å². The lowest BCUT2D eigenvalue weighted by Gasteiger charge is -2.19. The van der Waals surface area contributed by atoms with Crippen molar-refractivity contribution in [2.24, 2.45) is 11.8 Å². The molecular formula is C10H18O. The summed E-state index contributed by atoms with van der Waals surface area (Å²) in [5.41, 5.74) is 0. The van der Waals surface area contributed by atoms with Crippen LogP contribution in [-0.4, -0.2) is 11.2 Å². The smallest absolute Gasteiger partial charge is 0.0549 e. The molecule has 0 rings (SSSR count). The Kier molecular flexibility index (Phi) is 4.98. The van der Waals surface area contributed by atoms with E-state index < -0.39 is 0 Å². The van der Waals surface area contributed by atoms with Crippen molar-refractivity contribution in [1.82, 2.24) is 0 Å². The average Bonchev–Trinajstić information content (AvgIpc) is 1.86. The maximum Gasteiger partial charge on any atom is 0.0549 e. The molecule has 1 heteroatoms. The molecular weight excluding hydrogens is 136 g/mol. The zero-order chi connectivity index (χ0) is 8.85. The Balaban J connectivity index is 3.81. The molecule has 0 aliphatic rings. The molecule has 0 aromatic rings. The van der Waals surface area contributed by atoms with Crippen molar-refractivity contribution in [3.05, 3.63) is 0 Å². The van der Waals surface area contributed by atoms with E-state index >= 15 is 0 Å². The number of aliphatic hydroxyl groups is 1. The van der Waals surface area contributed by atoms with Crippen molar-refractivity contribution in [2.45, 2.75) is 39.7 Å². The van der Waals surface area contributed by atoms with Gasteiger partial charge in [-0.25, -0.2) is 0 Å². The van der Waals surface area contributed by atoms with E-state index in [2.05, 4.69) is 19.8 Å². The second kappa shape index (κ2) is 5.21. The van der Waals surface area contributed by atoms with Crippen LogP contribution in [0.1, 0.15) is 33.6 Å². The van der Waals surface area contributed by atoms with Gasteiger partial charge in [0.15, 0.2) is 0 Å². The molecule has 0 amide bonds. The van der Waals surface area contributed by atoms with Gasteiger partial charge in [-0.1, -0.05) is 13.8 Å². The third kappa shape index (κ3) is 4.86. The summed E-state index contributed by atoms with van der Waals surface area (Å²) in [6.45, 7) is 6.10. The first kappa shape index (κ1) is 10.5. The van der Waals surface area contributed by atoms with Crippen molar-refractivity contribution in [1.29, 1.82) is 0 Å². The van der Waals surface area contributed by atoms with Gasteiger partial charge in [0.05, 0.1) is 6.10 Å². The minimum Gasteiger partial charge on any atom is -0.393 e. The van der Waals surface area contributed by atoms with Crippen LogP contribution in [0.2, 0.25) is 0 Å². The van der Waals surface area contributed by atoms with Gasteiger partial charge in [0.25, 0.3) is 0 Å². The first-order chi connectivity index (χ1) is 5.07. The first-order valence-corrected chi connectivity index (χ1v) is 4.19. The van der Waals surface area contributed by atoms with E-state index in [1.54, 1.807) is 0 Å². The zero-order valence-corrected chi connectivity index (χ0v) is 7.67. The van der Waals surface area contributed by atoms with E-state index in [1.807, 2.05) is 6.92 Å². The molecule has 2 unspecified atom stereocenters. The Morgan fingerprint density at radius 3 is 2.18 bits per heavy atom. The SMILES string of the molecule is C#CCC(CC(C)C)C(C)O. The molecule has 0 saturated carbocycles. The molecule has 1 N–H and O–H groups in total. The molecule has 0 aliphatic heterocycles. The Labute approximate surface area is 69.8 Å². The van der Waals surface area contributed by atoms with Gasteiger partial charge in [0.1, 0.15) is 0 Å². The number of terminal acetylenes is 1. The lowest BCUT2D eigenvalue weighted by atomic mass is 9.90. The maximum absolute atomic E-state index is 9.30. The van der Waals surface area contributed by atoms with Crippen LogP contribution in [0, 0.1) is 24.2 Å². The molecule has 64 valence electrons.